The van der Waals surface area contributed by atoms with E-state index in [4.69, 9.17) is 11.6 Å². The molecule has 0 aliphatic heterocycles. The summed E-state index contributed by atoms with van der Waals surface area (Å²) < 4.78 is 0. The van der Waals surface area contributed by atoms with Gasteiger partial charge in [-0.3, -0.25) is 0 Å². The Morgan fingerprint density at radius 2 is 1.85 bits per heavy atom. The van der Waals surface area contributed by atoms with Crippen molar-refractivity contribution in [3.63, 3.8) is 0 Å². The molecule has 2 nitrogen and oxygen atoms in total. The smallest absolute Gasteiger partial charge is 0.0551 e. The minimum Gasteiger partial charge on any atom is -0.367 e. The van der Waals surface area contributed by atoms with Crippen LogP contribution >= 0.6 is 11.6 Å². The SMILES string of the molecule is CNCCC(c1ccccc1)N(C)c1cccc(Cl)c1. The van der Waals surface area contributed by atoms with E-state index in [-0.39, 0.29) is 0 Å². The second-order valence-corrected chi connectivity index (χ2v) is 5.35. The van der Waals surface area contributed by atoms with Gasteiger partial charge in [-0.15, -0.1) is 0 Å². The summed E-state index contributed by atoms with van der Waals surface area (Å²) in [7, 11) is 4.11. The van der Waals surface area contributed by atoms with Crippen molar-refractivity contribution in [2.75, 3.05) is 25.5 Å². The van der Waals surface area contributed by atoms with Crippen LogP contribution in [0.1, 0.15) is 18.0 Å². The maximum Gasteiger partial charge on any atom is 0.0551 e. The molecule has 3 heteroatoms. The zero-order valence-electron chi connectivity index (χ0n) is 12.0. The number of benzene rings is 2. The van der Waals surface area contributed by atoms with E-state index in [0.29, 0.717) is 6.04 Å². The Labute approximate surface area is 126 Å². The van der Waals surface area contributed by atoms with Crippen LogP contribution in [0.4, 0.5) is 5.69 Å². The number of nitrogens with zero attached hydrogens (tertiary/aromatic N) is 1. The Morgan fingerprint density at radius 1 is 1.10 bits per heavy atom. The summed E-state index contributed by atoms with van der Waals surface area (Å²) in [5, 5.41) is 4.01. The average Bonchev–Trinajstić information content (AvgIpc) is 2.48. The van der Waals surface area contributed by atoms with E-state index in [1.807, 2.05) is 25.2 Å². The van der Waals surface area contributed by atoms with Gasteiger partial charge in [0.05, 0.1) is 6.04 Å². The van der Waals surface area contributed by atoms with Crippen molar-refractivity contribution in [1.29, 1.82) is 0 Å². The van der Waals surface area contributed by atoms with Gasteiger partial charge in [0.25, 0.3) is 0 Å². The van der Waals surface area contributed by atoms with Gasteiger partial charge >= 0.3 is 0 Å². The van der Waals surface area contributed by atoms with Gasteiger partial charge in [-0.05, 0) is 43.8 Å². The van der Waals surface area contributed by atoms with Crippen molar-refractivity contribution in [3.05, 3.63) is 65.2 Å². The van der Waals surface area contributed by atoms with Crippen LogP contribution in [0.5, 0.6) is 0 Å². The summed E-state index contributed by atoms with van der Waals surface area (Å²) in [4.78, 5) is 2.29. The molecule has 106 valence electrons. The van der Waals surface area contributed by atoms with Gasteiger partial charge in [0.1, 0.15) is 0 Å². The second kappa shape index (κ2) is 7.32. The summed E-state index contributed by atoms with van der Waals surface area (Å²) in [5.74, 6) is 0. The third-order valence-corrected chi connectivity index (χ3v) is 3.77. The van der Waals surface area contributed by atoms with Gasteiger partial charge in [-0.25, -0.2) is 0 Å². The zero-order valence-corrected chi connectivity index (χ0v) is 12.8. The van der Waals surface area contributed by atoms with Crippen LogP contribution in [0.15, 0.2) is 54.6 Å². The predicted molar refractivity (Wildman–Crippen MR) is 87.6 cm³/mol. The van der Waals surface area contributed by atoms with Crippen molar-refractivity contribution in [3.8, 4) is 0 Å². The molecule has 0 aliphatic rings. The maximum atomic E-state index is 6.10. The molecule has 2 aromatic rings. The molecule has 2 aromatic carbocycles. The minimum atomic E-state index is 0.335. The lowest BCUT2D eigenvalue weighted by atomic mass is 10.0. The Balaban J connectivity index is 2.26. The van der Waals surface area contributed by atoms with E-state index in [1.165, 1.54) is 5.56 Å². The molecule has 0 heterocycles. The van der Waals surface area contributed by atoms with Crippen molar-refractivity contribution >= 4 is 17.3 Å². The number of rotatable bonds is 6. The summed E-state index contributed by atoms with van der Waals surface area (Å²) in [5.41, 5.74) is 2.47. The van der Waals surface area contributed by atoms with Crippen molar-refractivity contribution in [2.24, 2.45) is 0 Å². The lowest BCUT2D eigenvalue weighted by Crippen LogP contribution is -2.27. The van der Waals surface area contributed by atoms with Gasteiger partial charge in [-0.1, -0.05) is 48.0 Å². The van der Waals surface area contributed by atoms with E-state index < -0.39 is 0 Å². The maximum absolute atomic E-state index is 6.10. The first-order valence-electron chi connectivity index (χ1n) is 6.90. The van der Waals surface area contributed by atoms with Crippen LogP contribution < -0.4 is 10.2 Å². The lowest BCUT2D eigenvalue weighted by Gasteiger charge is -2.31. The zero-order chi connectivity index (χ0) is 14.4. The fourth-order valence-electron chi connectivity index (χ4n) is 2.42. The Bertz CT molecular complexity index is 528. The van der Waals surface area contributed by atoms with E-state index in [9.17, 15) is 0 Å². The summed E-state index contributed by atoms with van der Waals surface area (Å²) >= 11 is 6.10. The molecule has 0 bridgehead atoms. The van der Waals surface area contributed by atoms with Gasteiger partial charge in [-0.2, -0.15) is 0 Å². The van der Waals surface area contributed by atoms with Crippen molar-refractivity contribution in [1.82, 2.24) is 5.32 Å². The first kappa shape index (κ1) is 14.9. The molecule has 0 amide bonds. The fraction of sp³-hybridized carbons (Fsp3) is 0.294. The third kappa shape index (κ3) is 3.75. The van der Waals surface area contributed by atoms with E-state index in [1.54, 1.807) is 0 Å². The molecule has 0 spiro atoms. The standard InChI is InChI=1S/C17H21ClN2/c1-19-12-11-17(14-7-4-3-5-8-14)20(2)16-10-6-9-15(18)13-16/h3-10,13,17,19H,11-12H2,1-2H3. The van der Waals surface area contributed by atoms with Crippen molar-refractivity contribution in [2.45, 2.75) is 12.5 Å². The molecule has 20 heavy (non-hydrogen) atoms. The molecule has 0 saturated carbocycles. The quantitative estimate of drug-likeness (QED) is 0.860. The highest BCUT2D eigenvalue weighted by atomic mass is 35.5. The highest BCUT2D eigenvalue weighted by Crippen LogP contribution is 2.29. The second-order valence-electron chi connectivity index (χ2n) is 4.91. The molecule has 0 radical (unpaired) electrons. The molecule has 0 saturated heterocycles. The van der Waals surface area contributed by atoms with Crippen LogP contribution in [0, 0.1) is 0 Å². The van der Waals surface area contributed by atoms with Crippen LogP contribution in [-0.2, 0) is 0 Å². The molecular weight excluding hydrogens is 268 g/mol. The minimum absolute atomic E-state index is 0.335. The average molecular weight is 289 g/mol. The molecule has 0 aliphatic carbocycles. The van der Waals surface area contributed by atoms with Gasteiger partial charge in [0, 0.05) is 17.8 Å². The van der Waals surface area contributed by atoms with E-state index in [0.717, 1.165) is 23.7 Å². The van der Waals surface area contributed by atoms with Crippen LogP contribution in [0.2, 0.25) is 5.02 Å². The monoisotopic (exact) mass is 288 g/mol. The van der Waals surface area contributed by atoms with Crippen LogP contribution in [0.25, 0.3) is 0 Å². The number of hydrogen-bond donors (Lipinski definition) is 1. The Hall–Kier alpha value is -1.51. The Kier molecular flexibility index (Phi) is 5.45. The fourth-order valence-corrected chi connectivity index (χ4v) is 2.60. The first-order chi connectivity index (χ1) is 9.72. The van der Waals surface area contributed by atoms with Crippen LogP contribution in [0.3, 0.4) is 0 Å². The normalized spacial score (nSPS) is 12.2. The number of anilines is 1. The highest BCUT2D eigenvalue weighted by Gasteiger charge is 2.17. The first-order valence-corrected chi connectivity index (χ1v) is 7.28. The molecule has 1 N–H and O–H groups in total. The van der Waals surface area contributed by atoms with Crippen molar-refractivity contribution < 1.29 is 0 Å². The molecule has 0 fully saturated rings. The van der Waals surface area contributed by atoms with E-state index in [2.05, 4.69) is 53.7 Å². The molecule has 1 unspecified atom stereocenters. The Morgan fingerprint density at radius 3 is 2.50 bits per heavy atom. The number of nitrogens with one attached hydrogen (secondary N) is 1. The molecule has 0 aromatic heterocycles. The van der Waals surface area contributed by atoms with Gasteiger partial charge < -0.3 is 10.2 Å². The summed E-state index contributed by atoms with van der Waals surface area (Å²) in [6.07, 6.45) is 1.05. The highest BCUT2D eigenvalue weighted by molar-refractivity contribution is 6.30. The lowest BCUT2D eigenvalue weighted by molar-refractivity contribution is 0.586. The number of halogens is 1. The van der Waals surface area contributed by atoms with Gasteiger partial charge in [0.15, 0.2) is 0 Å². The summed E-state index contributed by atoms with van der Waals surface area (Å²) in [6, 6.07) is 18.9. The number of hydrogen-bond acceptors (Lipinski definition) is 2. The van der Waals surface area contributed by atoms with Gasteiger partial charge in [0.2, 0.25) is 0 Å². The largest absolute Gasteiger partial charge is 0.367 e. The topological polar surface area (TPSA) is 15.3 Å². The third-order valence-electron chi connectivity index (χ3n) is 3.54. The predicted octanol–water partition coefficient (Wildman–Crippen LogP) is 4.13. The summed E-state index contributed by atoms with van der Waals surface area (Å²) in [6.45, 7) is 0.977. The molecule has 2 rings (SSSR count). The van der Waals surface area contributed by atoms with E-state index >= 15 is 0 Å². The molecular formula is C17H21ClN2. The molecule has 1 atom stereocenters. The van der Waals surface area contributed by atoms with Crippen LogP contribution in [-0.4, -0.2) is 20.6 Å².